The molecule has 83 heavy (non-hydrogen) atoms. The number of hydrogen-bond donors (Lipinski definition) is 0. The van der Waals surface area contributed by atoms with Crippen LogP contribution in [0.2, 0.25) is 0 Å². The molecule has 0 saturated carbocycles. The molecular weight excluding hydrogens is 1020 g/mol. The van der Waals surface area contributed by atoms with Crippen molar-refractivity contribution in [3.8, 4) is 0 Å². The Morgan fingerprint density at radius 3 is 0.735 bits per heavy atom. The van der Waals surface area contributed by atoms with Gasteiger partial charge in [-0.2, -0.15) is 0 Å². The number of unbranched alkanes of at least 4 members (excludes halogenated alkanes) is 23. The summed E-state index contributed by atoms with van der Waals surface area (Å²) in [6, 6.07) is 0. The molecule has 0 aromatic rings. The van der Waals surface area contributed by atoms with Crippen LogP contribution in [-0.2, 0) is 28.6 Å². The van der Waals surface area contributed by atoms with Crippen LogP contribution in [0.3, 0.4) is 0 Å². The van der Waals surface area contributed by atoms with Crippen molar-refractivity contribution in [1.29, 1.82) is 0 Å². The third-order valence-electron chi connectivity index (χ3n) is 14.0. The number of carbonyl (C=O) groups excluding carboxylic acids is 3. The molecule has 0 aromatic carbocycles. The average molecular weight is 1150 g/mol. The van der Waals surface area contributed by atoms with Gasteiger partial charge >= 0.3 is 17.9 Å². The van der Waals surface area contributed by atoms with E-state index in [0.717, 1.165) is 173 Å². The summed E-state index contributed by atoms with van der Waals surface area (Å²) in [5, 5.41) is 0. The van der Waals surface area contributed by atoms with Crippen LogP contribution >= 0.6 is 0 Å². The van der Waals surface area contributed by atoms with E-state index in [-0.39, 0.29) is 37.5 Å². The van der Waals surface area contributed by atoms with Gasteiger partial charge in [-0.1, -0.05) is 288 Å². The van der Waals surface area contributed by atoms with Crippen molar-refractivity contribution in [3.63, 3.8) is 0 Å². The van der Waals surface area contributed by atoms with Gasteiger partial charge in [-0.05, 0) is 141 Å². The standard InChI is InChI=1S/C77H124O6/c1-4-7-10-13-16-19-22-25-27-29-31-33-35-36-37-38-39-40-42-43-45-47-49-52-55-58-61-64-67-70-76(79)82-73-74(72-81-75(78)69-66-63-60-57-54-51-24-21-18-15-12-9-6-3)83-77(80)71-68-65-62-59-56-53-50-48-46-44-41-34-32-30-28-26-23-20-17-14-11-8-5-2/h7-8,10-12,15-17,19-21,24-28,31-34,36-37,44,46,50,53,74H,4-6,9,13-14,18,22-23,29-30,35,38-43,45,47-49,51-52,54-73H2,1-3H3/b10-7-,11-8-,15-12-,19-16-,20-17-,24-21-,27-25-,28-26-,33-31-,34-32-,37-36-,46-44-,53-50-. The average Bonchev–Trinajstić information content (AvgIpc) is 3.49. The lowest BCUT2D eigenvalue weighted by molar-refractivity contribution is -0.167. The number of esters is 3. The molecule has 1 atom stereocenters. The third-order valence-corrected chi connectivity index (χ3v) is 14.0. The van der Waals surface area contributed by atoms with Crippen molar-refractivity contribution in [3.05, 3.63) is 158 Å². The molecule has 0 saturated heterocycles. The van der Waals surface area contributed by atoms with Gasteiger partial charge in [-0.25, -0.2) is 0 Å². The second-order valence-corrected chi connectivity index (χ2v) is 22.0. The molecule has 1 unspecified atom stereocenters. The summed E-state index contributed by atoms with van der Waals surface area (Å²) in [6.45, 7) is 6.32. The molecule has 0 rings (SSSR count). The van der Waals surface area contributed by atoms with E-state index in [2.05, 4.69) is 179 Å². The van der Waals surface area contributed by atoms with Crippen LogP contribution in [0.25, 0.3) is 0 Å². The van der Waals surface area contributed by atoms with Crippen molar-refractivity contribution in [2.45, 2.75) is 297 Å². The summed E-state index contributed by atoms with van der Waals surface area (Å²) in [5.74, 6) is -0.939. The summed E-state index contributed by atoms with van der Waals surface area (Å²) in [5.41, 5.74) is 0. The van der Waals surface area contributed by atoms with Crippen molar-refractivity contribution in [2.75, 3.05) is 13.2 Å². The lowest BCUT2D eigenvalue weighted by atomic mass is 10.0. The third kappa shape index (κ3) is 67.7. The molecule has 0 aromatic heterocycles. The molecule has 0 heterocycles. The van der Waals surface area contributed by atoms with E-state index in [9.17, 15) is 14.4 Å². The van der Waals surface area contributed by atoms with E-state index in [4.69, 9.17) is 14.2 Å². The molecule has 0 N–H and O–H groups in total. The molecule has 0 bridgehead atoms. The molecule has 0 amide bonds. The van der Waals surface area contributed by atoms with Crippen molar-refractivity contribution < 1.29 is 28.6 Å². The maximum Gasteiger partial charge on any atom is 0.306 e. The molecule has 0 aliphatic rings. The largest absolute Gasteiger partial charge is 0.462 e. The Morgan fingerprint density at radius 2 is 0.470 bits per heavy atom. The number of rotatable bonds is 60. The van der Waals surface area contributed by atoms with Gasteiger partial charge in [0, 0.05) is 19.3 Å². The maximum absolute atomic E-state index is 12.9. The first kappa shape index (κ1) is 78.0. The first-order valence-electron chi connectivity index (χ1n) is 34.0. The molecule has 6 heteroatoms. The van der Waals surface area contributed by atoms with Gasteiger partial charge < -0.3 is 14.2 Å². The highest BCUT2D eigenvalue weighted by Crippen LogP contribution is 2.16. The summed E-state index contributed by atoms with van der Waals surface area (Å²) >= 11 is 0. The van der Waals surface area contributed by atoms with Crippen molar-refractivity contribution in [1.82, 2.24) is 0 Å². The van der Waals surface area contributed by atoms with Crippen molar-refractivity contribution in [2.24, 2.45) is 0 Å². The maximum atomic E-state index is 12.9. The lowest BCUT2D eigenvalue weighted by Crippen LogP contribution is -2.30. The second-order valence-electron chi connectivity index (χ2n) is 22.0. The predicted molar refractivity (Wildman–Crippen MR) is 362 cm³/mol. The Hall–Kier alpha value is -4.97. The highest BCUT2D eigenvalue weighted by atomic mass is 16.6. The summed E-state index contributed by atoms with van der Waals surface area (Å²) in [4.78, 5) is 38.4. The zero-order valence-corrected chi connectivity index (χ0v) is 53.7. The zero-order chi connectivity index (χ0) is 59.9. The van der Waals surface area contributed by atoms with Gasteiger partial charge in [0.25, 0.3) is 0 Å². The Morgan fingerprint density at radius 1 is 0.253 bits per heavy atom. The first-order valence-corrected chi connectivity index (χ1v) is 34.0. The highest BCUT2D eigenvalue weighted by Gasteiger charge is 2.19. The molecule has 0 aliphatic heterocycles. The Labute approximate surface area is 511 Å². The molecule has 0 radical (unpaired) electrons. The highest BCUT2D eigenvalue weighted by molar-refractivity contribution is 5.71. The van der Waals surface area contributed by atoms with Crippen LogP contribution in [0.15, 0.2) is 158 Å². The fourth-order valence-corrected chi connectivity index (χ4v) is 8.98. The normalized spacial score (nSPS) is 13.1. The molecule has 468 valence electrons. The quantitative estimate of drug-likeness (QED) is 0.0261. The molecule has 0 spiro atoms. The van der Waals surface area contributed by atoms with Gasteiger partial charge in [0.15, 0.2) is 6.10 Å². The molecule has 6 nitrogen and oxygen atoms in total. The monoisotopic (exact) mass is 1140 g/mol. The number of allylic oxidation sites excluding steroid dienone is 26. The van der Waals surface area contributed by atoms with E-state index in [1.54, 1.807) is 0 Å². The zero-order valence-electron chi connectivity index (χ0n) is 53.7. The SMILES string of the molecule is CC/C=C\C/C=C\C/C=C\C/C=C\C/C=C\C/C=C\CCCCCCC(=O)OC(COC(=O)CCCCCCC/C=C\C/C=C\CCC)COC(=O)CCCCCCCCCCCCCCC/C=C\C/C=C\C/C=C\C/C=C\C/C=C\CC. The summed E-state index contributed by atoms with van der Waals surface area (Å²) in [6.07, 6.45) is 101. The minimum absolute atomic E-state index is 0.0988. The lowest BCUT2D eigenvalue weighted by Gasteiger charge is -2.18. The van der Waals surface area contributed by atoms with E-state index >= 15 is 0 Å². The Bertz CT molecular complexity index is 1840. The van der Waals surface area contributed by atoms with E-state index in [0.29, 0.717) is 12.8 Å². The van der Waals surface area contributed by atoms with Gasteiger partial charge in [0.1, 0.15) is 13.2 Å². The Kier molecular flexibility index (Phi) is 65.4. The molecule has 0 fully saturated rings. The second kappa shape index (κ2) is 69.5. The van der Waals surface area contributed by atoms with Crippen LogP contribution < -0.4 is 0 Å². The summed E-state index contributed by atoms with van der Waals surface area (Å²) in [7, 11) is 0. The van der Waals surface area contributed by atoms with Crippen LogP contribution in [-0.4, -0.2) is 37.2 Å². The van der Waals surface area contributed by atoms with Gasteiger partial charge in [0.05, 0.1) is 0 Å². The van der Waals surface area contributed by atoms with Gasteiger partial charge in [0.2, 0.25) is 0 Å². The van der Waals surface area contributed by atoms with E-state index in [1.807, 2.05) is 0 Å². The van der Waals surface area contributed by atoms with Gasteiger partial charge in [-0.15, -0.1) is 0 Å². The van der Waals surface area contributed by atoms with Crippen LogP contribution in [0.1, 0.15) is 290 Å². The number of carbonyl (C=O) groups is 3. The molecular formula is C77H124O6. The minimum atomic E-state index is -0.807. The topological polar surface area (TPSA) is 78.9 Å². The van der Waals surface area contributed by atoms with Crippen LogP contribution in [0.5, 0.6) is 0 Å². The van der Waals surface area contributed by atoms with E-state index in [1.165, 1.54) is 77.0 Å². The number of hydrogen-bond acceptors (Lipinski definition) is 6. The molecule has 0 aliphatic carbocycles. The summed E-state index contributed by atoms with van der Waals surface area (Å²) < 4.78 is 16.9. The van der Waals surface area contributed by atoms with E-state index < -0.39 is 6.10 Å². The van der Waals surface area contributed by atoms with Crippen LogP contribution in [0.4, 0.5) is 0 Å². The Balaban J connectivity index is 4.36. The van der Waals surface area contributed by atoms with Gasteiger partial charge in [-0.3, -0.25) is 14.4 Å². The first-order chi connectivity index (χ1) is 41.0. The predicted octanol–water partition coefficient (Wildman–Crippen LogP) is 23.7. The van der Waals surface area contributed by atoms with Crippen LogP contribution in [0, 0.1) is 0 Å². The smallest absolute Gasteiger partial charge is 0.306 e. The number of ether oxygens (including phenoxy) is 3. The fraction of sp³-hybridized carbons (Fsp3) is 0.623. The minimum Gasteiger partial charge on any atom is -0.462 e. The fourth-order valence-electron chi connectivity index (χ4n) is 8.98. The van der Waals surface area contributed by atoms with Crippen molar-refractivity contribution >= 4 is 17.9 Å².